The minimum atomic E-state index is -0.106. The molecule has 2 nitrogen and oxygen atoms in total. The maximum Gasteiger partial charge on any atom is 0.0621 e. The largest absolute Gasteiger partial charge is 0.392 e. The summed E-state index contributed by atoms with van der Waals surface area (Å²) in [4.78, 5) is 0. The Bertz CT molecular complexity index is 221. The number of rotatable bonds is 3. The van der Waals surface area contributed by atoms with E-state index in [1.807, 2.05) is 0 Å². The van der Waals surface area contributed by atoms with Gasteiger partial charge in [0.2, 0.25) is 0 Å². The van der Waals surface area contributed by atoms with Gasteiger partial charge in [-0.25, -0.2) is 0 Å². The minimum Gasteiger partial charge on any atom is -0.392 e. The molecule has 0 heterocycles. The van der Waals surface area contributed by atoms with Crippen LogP contribution in [0.5, 0.6) is 0 Å². The van der Waals surface area contributed by atoms with Gasteiger partial charge in [0.1, 0.15) is 0 Å². The average Bonchev–Trinajstić information content (AvgIpc) is 2.70. The van der Waals surface area contributed by atoms with Crippen LogP contribution in [0.25, 0.3) is 0 Å². The van der Waals surface area contributed by atoms with E-state index in [1.54, 1.807) is 0 Å². The van der Waals surface area contributed by atoms with Crippen LogP contribution in [0.15, 0.2) is 0 Å². The lowest BCUT2D eigenvalue weighted by atomic mass is 9.64. The summed E-state index contributed by atoms with van der Waals surface area (Å²) in [5.41, 5.74) is 0.0763. The number of aliphatic hydroxyl groups excluding tert-OH is 1. The lowest BCUT2D eigenvalue weighted by molar-refractivity contribution is -0.0771. The Kier molecular flexibility index (Phi) is 3.09. The van der Waals surface area contributed by atoms with E-state index >= 15 is 0 Å². The summed E-state index contributed by atoms with van der Waals surface area (Å²) in [6.07, 6.45) is 6.43. The first kappa shape index (κ1) is 11.4. The van der Waals surface area contributed by atoms with Gasteiger partial charge in [-0.05, 0) is 32.1 Å². The molecule has 0 aliphatic heterocycles. The first-order chi connectivity index (χ1) is 7.01. The third-order valence-electron chi connectivity index (χ3n) is 4.79. The summed E-state index contributed by atoms with van der Waals surface area (Å²) >= 11 is 0. The smallest absolute Gasteiger partial charge is 0.0621 e. The van der Waals surface area contributed by atoms with Crippen molar-refractivity contribution in [1.29, 1.82) is 0 Å². The van der Waals surface area contributed by atoms with Gasteiger partial charge < -0.3 is 10.4 Å². The second kappa shape index (κ2) is 4.06. The standard InChI is InChI=1S/C13H25NO/c1-9(10-6-4-5-7-10)14-11-8-12(15)13(11,2)3/h9-12,14-15H,4-8H2,1-3H3/t9-,11?,12?/m1/s1. The molecule has 0 spiro atoms. The average molecular weight is 211 g/mol. The van der Waals surface area contributed by atoms with E-state index in [0.717, 1.165) is 12.3 Å². The van der Waals surface area contributed by atoms with Crippen molar-refractivity contribution in [2.75, 3.05) is 0 Å². The first-order valence-corrected chi connectivity index (χ1v) is 6.46. The van der Waals surface area contributed by atoms with Gasteiger partial charge in [0.25, 0.3) is 0 Å². The van der Waals surface area contributed by atoms with Crippen LogP contribution in [-0.4, -0.2) is 23.3 Å². The van der Waals surface area contributed by atoms with E-state index < -0.39 is 0 Å². The Morgan fingerprint density at radius 2 is 1.87 bits per heavy atom. The van der Waals surface area contributed by atoms with Crippen LogP contribution < -0.4 is 5.32 Å². The molecule has 2 rings (SSSR count). The third kappa shape index (κ3) is 2.07. The van der Waals surface area contributed by atoms with Crippen molar-refractivity contribution >= 4 is 0 Å². The molecular formula is C13H25NO. The molecule has 2 aliphatic rings. The number of nitrogens with one attached hydrogen (secondary N) is 1. The monoisotopic (exact) mass is 211 g/mol. The fraction of sp³-hybridized carbons (Fsp3) is 1.00. The third-order valence-corrected chi connectivity index (χ3v) is 4.79. The topological polar surface area (TPSA) is 32.3 Å². The number of hydrogen-bond acceptors (Lipinski definition) is 2. The van der Waals surface area contributed by atoms with Crippen molar-refractivity contribution in [2.24, 2.45) is 11.3 Å². The molecule has 0 aromatic carbocycles. The molecule has 3 atom stereocenters. The Hall–Kier alpha value is -0.0800. The summed E-state index contributed by atoms with van der Waals surface area (Å²) in [5.74, 6) is 0.874. The van der Waals surface area contributed by atoms with Gasteiger partial charge >= 0.3 is 0 Å². The van der Waals surface area contributed by atoms with Crippen LogP contribution >= 0.6 is 0 Å². The lowest BCUT2D eigenvalue weighted by Crippen LogP contribution is -2.62. The summed E-state index contributed by atoms with van der Waals surface area (Å²) in [7, 11) is 0. The Morgan fingerprint density at radius 1 is 1.27 bits per heavy atom. The van der Waals surface area contributed by atoms with Crippen LogP contribution in [0.1, 0.15) is 52.9 Å². The van der Waals surface area contributed by atoms with E-state index in [4.69, 9.17) is 0 Å². The van der Waals surface area contributed by atoms with Crippen molar-refractivity contribution in [3.63, 3.8) is 0 Å². The van der Waals surface area contributed by atoms with Crippen molar-refractivity contribution in [1.82, 2.24) is 5.32 Å². The maximum absolute atomic E-state index is 9.68. The Labute approximate surface area is 93.5 Å². The molecule has 0 amide bonds. The highest BCUT2D eigenvalue weighted by Gasteiger charge is 2.47. The van der Waals surface area contributed by atoms with Crippen LogP contribution in [0, 0.1) is 11.3 Å². The summed E-state index contributed by atoms with van der Waals surface area (Å²) in [6, 6.07) is 1.15. The molecule has 2 unspecified atom stereocenters. The van der Waals surface area contributed by atoms with Gasteiger partial charge in [-0.2, -0.15) is 0 Å². The number of hydrogen-bond donors (Lipinski definition) is 2. The van der Waals surface area contributed by atoms with Gasteiger partial charge in [0, 0.05) is 17.5 Å². The van der Waals surface area contributed by atoms with Crippen LogP contribution in [0.3, 0.4) is 0 Å². The molecule has 0 aromatic heterocycles. The SMILES string of the molecule is C[C@@H](NC1CC(O)C1(C)C)C1CCCC1. The van der Waals surface area contributed by atoms with Gasteiger partial charge in [-0.3, -0.25) is 0 Å². The zero-order chi connectivity index (χ0) is 11.1. The van der Waals surface area contributed by atoms with Crippen LogP contribution in [0.2, 0.25) is 0 Å². The Balaban J connectivity index is 1.82. The molecule has 2 heteroatoms. The van der Waals surface area contributed by atoms with Gasteiger partial charge in [0.05, 0.1) is 6.10 Å². The second-order valence-electron chi connectivity index (χ2n) is 6.13. The van der Waals surface area contributed by atoms with Crippen molar-refractivity contribution in [3.05, 3.63) is 0 Å². The molecule has 2 aliphatic carbocycles. The molecule has 88 valence electrons. The predicted molar refractivity (Wildman–Crippen MR) is 62.7 cm³/mol. The molecule has 0 bridgehead atoms. The minimum absolute atomic E-state index is 0.0763. The molecule has 0 saturated heterocycles. The second-order valence-corrected chi connectivity index (χ2v) is 6.13. The lowest BCUT2D eigenvalue weighted by Gasteiger charge is -2.51. The zero-order valence-electron chi connectivity index (χ0n) is 10.3. The molecular weight excluding hydrogens is 186 g/mol. The van der Waals surface area contributed by atoms with Crippen LogP contribution in [-0.2, 0) is 0 Å². The summed E-state index contributed by atoms with van der Waals surface area (Å²) < 4.78 is 0. The molecule has 0 aromatic rings. The predicted octanol–water partition coefficient (Wildman–Crippen LogP) is 2.31. The van der Waals surface area contributed by atoms with E-state index in [2.05, 4.69) is 26.1 Å². The molecule has 2 fully saturated rings. The fourth-order valence-electron chi connectivity index (χ4n) is 3.10. The maximum atomic E-state index is 9.68. The quantitative estimate of drug-likeness (QED) is 0.751. The molecule has 2 saturated carbocycles. The van der Waals surface area contributed by atoms with E-state index in [-0.39, 0.29) is 11.5 Å². The van der Waals surface area contributed by atoms with Crippen molar-refractivity contribution in [3.8, 4) is 0 Å². The molecule has 0 radical (unpaired) electrons. The van der Waals surface area contributed by atoms with Crippen molar-refractivity contribution in [2.45, 2.75) is 71.1 Å². The molecule has 15 heavy (non-hydrogen) atoms. The van der Waals surface area contributed by atoms with E-state index in [0.29, 0.717) is 12.1 Å². The van der Waals surface area contributed by atoms with Gasteiger partial charge in [-0.1, -0.05) is 26.7 Å². The van der Waals surface area contributed by atoms with E-state index in [1.165, 1.54) is 25.7 Å². The summed E-state index contributed by atoms with van der Waals surface area (Å²) in [6.45, 7) is 6.65. The van der Waals surface area contributed by atoms with Gasteiger partial charge in [0.15, 0.2) is 0 Å². The fourth-order valence-corrected chi connectivity index (χ4v) is 3.10. The molecule has 2 N–H and O–H groups in total. The first-order valence-electron chi connectivity index (χ1n) is 6.46. The highest BCUT2D eigenvalue weighted by atomic mass is 16.3. The van der Waals surface area contributed by atoms with Crippen molar-refractivity contribution < 1.29 is 5.11 Å². The van der Waals surface area contributed by atoms with Crippen LogP contribution in [0.4, 0.5) is 0 Å². The Morgan fingerprint density at radius 3 is 2.33 bits per heavy atom. The normalized spacial score (nSPS) is 37.6. The van der Waals surface area contributed by atoms with E-state index in [9.17, 15) is 5.11 Å². The highest BCUT2D eigenvalue weighted by Crippen LogP contribution is 2.41. The van der Waals surface area contributed by atoms with Gasteiger partial charge in [-0.15, -0.1) is 0 Å². The highest BCUT2D eigenvalue weighted by molar-refractivity contribution is 5.02. The zero-order valence-corrected chi connectivity index (χ0v) is 10.3. The summed E-state index contributed by atoms with van der Waals surface area (Å²) in [5, 5.41) is 13.4. The number of aliphatic hydroxyl groups is 1.